The van der Waals surface area contributed by atoms with E-state index in [1.54, 1.807) is 0 Å². The number of piperidine rings is 1. The minimum Gasteiger partial charge on any atom is -0.368 e. The van der Waals surface area contributed by atoms with Gasteiger partial charge in [0.15, 0.2) is 0 Å². The molecule has 1 aliphatic heterocycles. The molecule has 0 amide bonds. The van der Waals surface area contributed by atoms with Crippen LogP contribution in [0.15, 0.2) is 22.7 Å². The van der Waals surface area contributed by atoms with E-state index >= 15 is 0 Å². The van der Waals surface area contributed by atoms with Gasteiger partial charge in [0, 0.05) is 29.3 Å². The van der Waals surface area contributed by atoms with Crippen molar-refractivity contribution in [2.75, 3.05) is 18.0 Å². The Bertz CT molecular complexity index is 472. The molecule has 2 atom stereocenters. The van der Waals surface area contributed by atoms with Crippen LogP contribution >= 0.6 is 15.9 Å². The van der Waals surface area contributed by atoms with Crippen molar-refractivity contribution in [2.24, 2.45) is 11.8 Å². The molecule has 1 saturated carbocycles. The summed E-state index contributed by atoms with van der Waals surface area (Å²) in [6.45, 7) is 7.78. The molecule has 1 N–H and O–H groups in total. The second kappa shape index (κ2) is 6.07. The molecule has 2 bridgehead atoms. The van der Waals surface area contributed by atoms with Crippen molar-refractivity contribution < 1.29 is 0 Å². The van der Waals surface area contributed by atoms with Crippen molar-refractivity contribution in [3.05, 3.63) is 28.2 Å². The maximum absolute atomic E-state index is 3.75. The number of nitrogens with one attached hydrogen (secondary N) is 1. The SMILES string of the molecule is CC(C)CNCc1ccc(N2CC3CCC2C3)cc1Br. The quantitative estimate of drug-likeness (QED) is 0.867. The smallest absolute Gasteiger partial charge is 0.0380 e. The van der Waals surface area contributed by atoms with E-state index < -0.39 is 0 Å². The van der Waals surface area contributed by atoms with Crippen molar-refractivity contribution in [1.82, 2.24) is 5.32 Å². The summed E-state index contributed by atoms with van der Waals surface area (Å²) in [4.78, 5) is 2.62. The van der Waals surface area contributed by atoms with Gasteiger partial charge in [0.25, 0.3) is 0 Å². The molecule has 3 heteroatoms. The summed E-state index contributed by atoms with van der Waals surface area (Å²) < 4.78 is 1.24. The number of fused-ring (bicyclic) bond motifs is 2. The topological polar surface area (TPSA) is 15.3 Å². The van der Waals surface area contributed by atoms with Crippen LogP contribution in [0.1, 0.15) is 38.7 Å². The molecule has 2 unspecified atom stereocenters. The fourth-order valence-electron chi connectivity index (χ4n) is 3.59. The minimum atomic E-state index is 0.702. The van der Waals surface area contributed by atoms with Crippen LogP contribution in [0, 0.1) is 11.8 Å². The predicted octanol–water partition coefficient (Wildman–Crippen LogP) is 4.18. The highest BCUT2D eigenvalue weighted by atomic mass is 79.9. The summed E-state index contributed by atoms with van der Waals surface area (Å²) in [7, 11) is 0. The van der Waals surface area contributed by atoms with Gasteiger partial charge in [-0.15, -0.1) is 0 Å². The van der Waals surface area contributed by atoms with Gasteiger partial charge in [0.05, 0.1) is 0 Å². The monoisotopic (exact) mass is 336 g/mol. The molecule has 2 nitrogen and oxygen atoms in total. The number of benzene rings is 1. The van der Waals surface area contributed by atoms with Crippen molar-refractivity contribution in [1.29, 1.82) is 0 Å². The third-order valence-electron chi connectivity index (χ3n) is 4.65. The van der Waals surface area contributed by atoms with E-state index in [-0.39, 0.29) is 0 Å². The predicted molar refractivity (Wildman–Crippen MR) is 89.2 cm³/mol. The highest BCUT2D eigenvalue weighted by Crippen LogP contribution is 2.40. The number of rotatable bonds is 5. The minimum absolute atomic E-state index is 0.702. The van der Waals surface area contributed by atoms with Gasteiger partial charge in [0.2, 0.25) is 0 Å². The van der Waals surface area contributed by atoms with Crippen LogP contribution in [0.5, 0.6) is 0 Å². The number of hydrogen-bond donors (Lipinski definition) is 1. The molecule has 3 rings (SSSR count). The lowest BCUT2D eigenvalue weighted by molar-refractivity contribution is 0.550. The lowest BCUT2D eigenvalue weighted by Crippen LogP contribution is -2.31. The zero-order chi connectivity index (χ0) is 14.1. The summed E-state index contributed by atoms with van der Waals surface area (Å²) in [5, 5.41) is 3.51. The second-order valence-corrected chi connectivity index (χ2v) is 7.64. The van der Waals surface area contributed by atoms with Crippen LogP contribution in [-0.4, -0.2) is 19.1 Å². The Labute approximate surface area is 131 Å². The number of anilines is 1. The Kier molecular flexibility index (Phi) is 4.37. The van der Waals surface area contributed by atoms with Crippen LogP contribution in [0.4, 0.5) is 5.69 Å². The molecule has 20 heavy (non-hydrogen) atoms. The van der Waals surface area contributed by atoms with Gasteiger partial charge < -0.3 is 10.2 Å². The Morgan fingerprint density at radius 2 is 2.20 bits per heavy atom. The van der Waals surface area contributed by atoms with E-state index in [1.165, 1.54) is 41.5 Å². The number of hydrogen-bond acceptors (Lipinski definition) is 2. The largest absolute Gasteiger partial charge is 0.368 e. The molecule has 0 aromatic heterocycles. The molecule has 0 spiro atoms. The van der Waals surface area contributed by atoms with E-state index in [1.807, 2.05) is 0 Å². The van der Waals surface area contributed by atoms with Gasteiger partial charge in [-0.1, -0.05) is 35.8 Å². The van der Waals surface area contributed by atoms with Crippen molar-refractivity contribution in [3.63, 3.8) is 0 Å². The van der Waals surface area contributed by atoms with Crippen LogP contribution in [0.25, 0.3) is 0 Å². The molecule has 1 aromatic rings. The summed E-state index contributed by atoms with van der Waals surface area (Å²) >= 11 is 3.75. The Balaban J connectivity index is 1.65. The van der Waals surface area contributed by atoms with E-state index in [4.69, 9.17) is 0 Å². The van der Waals surface area contributed by atoms with Gasteiger partial charge in [-0.25, -0.2) is 0 Å². The molecule has 1 aliphatic carbocycles. The fraction of sp³-hybridized carbons (Fsp3) is 0.647. The third kappa shape index (κ3) is 3.04. The lowest BCUT2D eigenvalue weighted by Gasteiger charge is -2.29. The third-order valence-corrected chi connectivity index (χ3v) is 5.38. The van der Waals surface area contributed by atoms with Crippen LogP contribution in [0.2, 0.25) is 0 Å². The van der Waals surface area contributed by atoms with Crippen LogP contribution < -0.4 is 10.2 Å². The Morgan fingerprint density at radius 1 is 1.35 bits per heavy atom. The van der Waals surface area contributed by atoms with Gasteiger partial charge in [-0.3, -0.25) is 0 Å². The first-order valence-corrected chi connectivity index (χ1v) is 8.68. The van der Waals surface area contributed by atoms with Crippen LogP contribution in [0.3, 0.4) is 0 Å². The average molecular weight is 337 g/mol. The summed E-state index contributed by atoms with van der Waals surface area (Å²) in [5.41, 5.74) is 2.76. The van der Waals surface area contributed by atoms with Crippen molar-refractivity contribution >= 4 is 21.6 Å². The summed E-state index contributed by atoms with van der Waals surface area (Å²) in [5.74, 6) is 1.65. The average Bonchev–Trinajstić information content (AvgIpc) is 3.02. The first-order chi connectivity index (χ1) is 9.63. The molecular weight excluding hydrogens is 312 g/mol. The van der Waals surface area contributed by atoms with Gasteiger partial charge in [0.1, 0.15) is 0 Å². The highest BCUT2D eigenvalue weighted by molar-refractivity contribution is 9.10. The first-order valence-electron chi connectivity index (χ1n) is 7.89. The van der Waals surface area contributed by atoms with Gasteiger partial charge in [-0.05, 0) is 55.3 Å². The lowest BCUT2D eigenvalue weighted by atomic mass is 10.1. The Morgan fingerprint density at radius 3 is 2.80 bits per heavy atom. The van der Waals surface area contributed by atoms with E-state index in [2.05, 4.69) is 58.2 Å². The second-order valence-electron chi connectivity index (χ2n) is 6.79. The van der Waals surface area contributed by atoms with E-state index in [0.717, 1.165) is 25.0 Å². The van der Waals surface area contributed by atoms with Gasteiger partial charge in [-0.2, -0.15) is 0 Å². The van der Waals surface area contributed by atoms with Crippen molar-refractivity contribution in [2.45, 2.75) is 45.7 Å². The molecule has 1 saturated heterocycles. The molecule has 2 fully saturated rings. The Hall–Kier alpha value is -0.540. The van der Waals surface area contributed by atoms with E-state index in [9.17, 15) is 0 Å². The summed E-state index contributed by atoms with van der Waals surface area (Å²) in [6, 6.07) is 7.70. The molecule has 0 radical (unpaired) electrons. The maximum atomic E-state index is 3.75. The molecule has 1 aromatic carbocycles. The van der Waals surface area contributed by atoms with E-state index in [0.29, 0.717) is 5.92 Å². The number of nitrogens with zero attached hydrogens (tertiary/aromatic N) is 1. The zero-order valence-electron chi connectivity index (χ0n) is 12.5. The standard InChI is InChI=1S/C17H25BrN2/c1-12(2)9-19-10-14-4-6-16(8-17(14)18)20-11-13-3-5-15(20)7-13/h4,6,8,12-13,15,19H,3,5,7,9-11H2,1-2H3. The normalized spacial score (nSPS) is 24.9. The zero-order valence-corrected chi connectivity index (χ0v) is 14.1. The molecular formula is C17H25BrN2. The maximum Gasteiger partial charge on any atom is 0.0380 e. The van der Waals surface area contributed by atoms with Crippen molar-refractivity contribution in [3.8, 4) is 0 Å². The molecule has 1 heterocycles. The van der Waals surface area contributed by atoms with Crippen LogP contribution in [-0.2, 0) is 6.54 Å². The fourth-order valence-corrected chi connectivity index (χ4v) is 4.10. The molecule has 2 aliphatic rings. The highest BCUT2D eigenvalue weighted by Gasteiger charge is 2.37. The first kappa shape index (κ1) is 14.4. The number of halogens is 1. The van der Waals surface area contributed by atoms with Gasteiger partial charge >= 0.3 is 0 Å². The molecule has 110 valence electrons. The summed E-state index contributed by atoms with van der Waals surface area (Å²) in [6.07, 6.45) is 4.24.